The molecule has 132 valence electrons. The van der Waals surface area contributed by atoms with Crippen molar-refractivity contribution in [2.75, 3.05) is 18.4 Å². The highest BCUT2D eigenvalue weighted by Crippen LogP contribution is 2.25. The Morgan fingerprint density at radius 1 is 1.12 bits per heavy atom. The average Bonchev–Trinajstić information content (AvgIpc) is 2.90. The van der Waals surface area contributed by atoms with E-state index in [9.17, 15) is 9.59 Å². The highest BCUT2D eigenvalue weighted by Gasteiger charge is 2.27. The molecule has 1 aliphatic rings. The van der Waals surface area contributed by atoms with Crippen molar-refractivity contribution in [3.63, 3.8) is 0 Å². The third kappa shape index (κ3) is 3.57. The third-order valence-electron chi connectivity index (χ3n) is 4.85. The fourth-order valence-corrected chi connectivity index (χ4v) is 3.33. The second-order valence-corrected chi connectivity index (χ2v) is 6.56. The van der Waals surface area contributed by atoms with E-state index in [2.05, 4.69) is 10.4 Å². The van der Waals surface area contributed by atoms with Gasteiger partial charge in [-0.05, 0) is 38.8 Å². The van der Waals surface area contributed by atoms with Crippen LogP contribution in [-0.4, -0.2) is 39.6 Å². The quantitative estimate of drug-likeness (QED) is 0.934. The monoisotopic (exact) mass is 340 g/mol. The lowest BCUT2D eigenvalue weighted by molar-refractivity contribution is -0.132. The molecule has 1 aliphatic heterocycles. The van der Waals surface area contributed by atoms with Crippen molar-refractivity contribution in [2.24, 2.45) is 5.92 Å². The summed E-state index contributed by atoms with van der Waals surface area (Å²) in [5.74, 6) is 0.0335. The van der Waals surface area contributed by atoms with E-state index in [1.165, 1.54) is 0 Å². The number of carbonyl (C=O) groups excluding carboxylic acids is 2. The molecule has 1 N–H and O–H groups in total. The summed E-state index contributed by atoms with van der Waals surface area (Å²) >= 11 is 0. The number of nitrogens with one attached hydrogen (secondary N) is 1. The smallest absolute Gasteiger partial charge is 0.227 e. The lowest BCUT2D eigenvalue weighted by Gasteiger charge is -2.30. The van der Waals surface area contributed by atoms with Gasteiger partial charge in [-0.2, -0.15) is 5.10 Å². The number of para-hydroxylation sites is 1. The second-order valence-electron chi connectivity index (χ2n) is 6.56. The third-order valence-corrected chi connectivity index (χ3v) is 4.85. The maximum absolute atomic E-state index is 12.6. The molecule has 0 atom stereocenters. The molecule has 2 heterocycles. The summed E-state index contributed by atoms with van der Waals surface area (Å²) in [7, 11) is 0. The summed E-state index contributed by atoms with van der Waals surface area (Å²) in [6, 6.07) is 9.87. The molecule has 0 unspecified atom stereocenters. The van der Waals surface area contributed by atoms with Crippen LogP contribution in [0.3, 0.4) is 0 Å². The second kappa shape index (κ2) is 7.09. The van der Waals surface area contributed by atoms with Gasteiger partial charge in [-0.3, -0.25) is 9.59 Å². The molecule has 3 rings (SSSR count). The van der Waals surface area contributed by atoms with Gasteiger partial charge in [0.15, 0.2) is 0 Å². The van der Waals surface area contributed by atoms with E-state index in [0.29, 0.717) is 25.9 Å². The van der Waals surface area contributed by atoms with Crippen molar-refractivity contribution < 1.29 is 9.59 Å². The number of anilines is 1. The first-order chi connectivity index (χ1) is 12.0. The summed E-state index contributed by atoms with van der Waals surface area (Å²) in [4.78, 5) is 25.8. The number of carbonyl (C=O) groups is 2. The minimum absolute atomic E-state index is 0.0158. The molecule has 6 nitrogen and oxygen atoms in total. The molecule has 1 aromatic carbocycles. The molecule has 0 saturated carbocycles. The Kier molecular flexibility index (Phi) is 4.88. The zero-order chi connectivity index (χ0) is 18.0. The highest BCUT2D eigenvalue weighted by molar-refractivity contribution is 5.94. The Morgan fingerprint density at radius 3 is 2.36 bits per heavy atom. The van der Waals surface area contributed by atoms with Gasteiger partial charge in [-0.25, -0.2) is 4.68 Å². The van der Waals surface area contributed by atoms with Crippen LogP contribution in [0, 0.1) is 19.8 Å². The molecule has 2 aromatic rings. The molecular formula is C19H24N4O2. The number of hydrogen-bond acceptors (Lipinski definition) is 3. The van der Waals surface area contributed by atoms with Gasteiger partial charge >= 0.3 is 0 Å². The van der Waals surface area contributed by atoms with E-state index in [-0.39, 0.29) is 17.7 Å². The van der Waals surface area contributed by atoms with Crippen LogP contribution in [0.15, 0.2) is 30.3 Å². The molecule has 6 heteroatoms. The van der Waals surface area contributed by atoms with Gasteiger partial charge in [0, 0.05) is 25.9 Å². The van der Waals surface area contributed by atoms with Crippen LogP contribution in [0.2, 0.25) is 0 Å². The predicted octanol–water partition coefficient (Wildman–Crippen LogP) is 2.69. The average molecular weight is 340 g/mol. The van der Waals surface area contributed by atoms with Gasteiger partial charge in [0.25, 0.3) is 0 Å². The predicted molar refractivity (Wildman–Crippen MR) is 96.6 cm³/mol. The standard InChI is InChI=1S/C19H24N4O2/c1-13-18(14(2)23(21-13)17-7-5-4-6-8-17)20-19(25)16-9-11-22(12-10-16)15(3)24/h4-8,16H,9-12H2,1-3H3,(H,20,25). The topological polar surface area (TPSA) is 67.2 Å². The molecule has 2 amide bonds. The van der Waals surface area contributed by atoms with E-state index in [1.54, 1.807) is 11.8 Å². The summed E-state index contributed by atoms with van der Waals surface area (Å²) in [5.41, 5.74) is 3.47. The molecule has 0 bridgehead atoms. The Hall–Kier alpha value is -2.63. The number of piperidine rings is 1. The number of aromatic nitrogens is 2. The normalized spacial score (nSPS) is 15.2. The largest absolute Gasteiger partial charge is 0.343 e. The van der Waals surface area contributed by atoms with Crippen molar-refractivity contribution in [1.29, 1.82) is 0 Å². The van der Waals surface area contributed by atoms with Crippen LogP contribution in [-0.2, 0) is 9.59 Å². The Balaban J connectivity index is 1.72. The molecule has 1 aromatic heterocycles. The molecule has 0 aliphatic carbocycles. The van der Waals surface area contributed by atoms with Crippen molar-refractivity contribution in [1.82, 2.24) is 14.7 Å². The Labute approximate surface area is 147 Å². The van der Waals surface area contributed by atoms with Crippen molar-refractivity contribution >= 4 is 17.5 Å². The van der Waals surface area contributed by atoms with Crippen LogP contribution in [0.25, 0.3) is 5.69 Å². The number of benzene rings is 1. The molecule has 0 radical (unpaired) electrons. The minimum atomic E-state index is -0.0607. The van der Waals surface area contributed by atoms with Crippen LogP contribution >= 0.6 is 0 Å². The Bertz CT molecular complexity index is 774. The first kappa shape index (κ1) is 17.2. The molecule has 1 fully saturated rings. The van der Waals surface area contributed by atoms with E-state index < -0.39 is 0 Å². The van der Waals surface area contributed by atoms with Gasteiger partial charge in [0.05, 0.1) is 22.8 Å². The van der Waals surface area contributed by atoms with Gasteiger partial charge in [0.2, 0.25) is 11.8 Å². The fraction of sp³-hybridized carbons (Fsp3) is 0.421. The first-order valence-electron chi connectivity index (χ1n) is 8.65. The van der Waals surface area contributed by atoms with Gasteiger partial charge in [-0.1, -0.05) is 18.2 Å². The maximum Gasteiger partial charge on any atom is 0.227 e. The highest BCUT2D eigenvalue weighted by atomic mass is 16.2. The number of likely N-dealkylation sites (tertiary alicyclic amines) is 1. The van der Waals surface area contributed by atoms with E-state index in [1.807, 2.05) is 48.9 Å². The number of aryl methyl sites for hydroxylation is 1. The summed E-state index contributed by atoms with van der Waals surface area (Å²) in [5, 5.41) is 7.62. The van der Waals surface area contributed by atoms with Crippen LogP contribution < -0.4 is 5.32 Å². The van der Waals surface area contributed by atoms with Gasteiger partial charge in [0.1, 0.15) is 0 Å². The fourth-order valence-electron chi connectivity index (χ4n) is 3.33. The summed E-state index contributed by atoms with van der Waals surface area (Å²) in [6.07, 6.45) is 1.41. The molecule has 0 spiro atoms. The lowest BCUT2D eigenvalue weighted by Crippen LogP contribution is -2.40. The van der Waals surface area contributed by atoms with Crippen molar-refractivity contribution in [2.45, 2.75) is 33.6 Å². The first-order valence-corrected chi connectivity index (χ1v) is 8.65. The number of amides is 2. The van der Waals surface area contributed by atoms with E-state index in [0.717, 1.165) is 22.8 Å². The van der Waals surface area contributed by atoms with Crippen LogP contribution in [0.1, 0.15) is 31.2 Å². The minimum Gasteiger partial charge on any atom is -0.343 e. The molecule has 1 saturated heterocycles. The van der Waals surface area contributed by atoms with Gasteiger partial charge in [-0.15, -0.1) is 0 Å². The summed E-state index contributed by atoms with van der Waals surface area (Å²) < 4.78 is 1.85. The SMILES string of the molecule is CC(=O)N1CCC(C(=O)Nc2c(C)nn(-c3ccccc3)c2C)CC1. The van der Waals surface area contributed by atoms with Crippen molar-refractivity contribution in [3.05, 3.63) is 41.7 Å². The zero-order valence-electron chi connectivity index (χ0n) is 15.0. The molecular weight excluding hydrogens is 316 g/mol. The number of rotatable bonds is 3. The number of nitrogens with zero attached hydrogens (tertiary/aromatic N) is 3. The van der Waals surface area contributed by atoms with Crippen LogP contribution in [0.4, 0.5) is 5.69 Å². The van der Waals surface area contributed by atoms with Gasteiger partial charge < -0.3 is 10.2 Å². The molecule has 25 heavy (non-hydrogen) atoms. The Morgan fingerprint density at radius 2 is 1.76 bits per heavy atom. The zero-order valence-corrected chi connectivity index (χ0v) is 15.0. The lowest BCUT2D eigenvalue weighted by atomic mass is 9.95. The summed E-state index contributed by atoms with van der Waals surface area (Å²) in [6.45, 7) is 6.73. The van der Waals surface area contributed by atoms with Crippen molar-refractivity contribution in [3.8, 4) is 5.69 Å². The maximum atomic E-state index is 12.6. The van der Waals surface area contributed by atoms with E-state index in [4.69, 9.17) is 0 Å². The van der Waals surface area contributed by atoms with Crippen LogP contribution in [0.5, 0.6) is 0 Å². The van der Waals surface area contributed by atoms with E-state index >= 15 is 0 Å². The number of hydrogen-bond donors (Lipinski definition) is 1.